The van der Waals surface area contributed by atoms with Crippen molar-refractivity contribution >= 4 is 0 Å². The minimum atomic E-state index is 1.02. The first kappa shape index (κ1) is 14.2. The summed E-state index contributed by atoms with van der Waals surface area (Å²) < 4.78 is 5.60. The van der Waals surface area contributed by atoms with Crippen LogP contribution in [0.1, 0.15) is 46.5 Å². The third kappa shape index (κ3) is 8.25. The summed E-state index contributed by atoms with van der Waals surface area (Å²) in [6.07, 6.45) is 8.29. The van der Waals surface area contributed by atoms with Gasteiger partial charge < -0.3 is 10.1 Å². The first-order valence-corrected chi connectivity index (χ1v) is 5.85. The molecule has 0 unspecified atom stereocenters. The Morgan fingerprint density at radius 1 is 1.27 bits per heavy atom. The maximum absolute atomic E-state index is 5.60. The van der Waals surface area contributed by atoms with Crippen molar-refractivity contribution in [1.29, 1.82) is 0 Å². The molecule has 0 saturated carbocycles. The SMILES string of the molecule is CC/C=C\OC(CCCCNC)=C(C)C. The quantitative estimate of drug-likeness (QED) is 0.489. The van der Waals surface area contributed by atoms with Crippen LogP contribution in [0.2, 0.25) is 0 Å². The average molecular weight is 211 g/mol. The van der Waals surface area contributed by atoms with Gasteiger partial charge in [-0.15, -0.1) is 0 Å². The van der Waals surface area contributed by atoms with Gasteiger partial charge in [0.25, 0.3) is 0 Å². The van der Waals surface area contributed by atoms with Crippen LogP contribution >= 0.6 is 0 Å². The third-order valence-electron chi connectivity index (χ3n) is 2.18. The highest BCUT2D eigenvalue weighted by atomic mass is 16.5. The van der Waals surface area contributed by atoms with Crippen LogP contribution in [0.25, 0.3) is 0 Å². The van der Waals surface area contributed by atoms with Crippen LogP contribution in [0.5, 0.6) is 0 Å². The summed E-state index contributed by atoms with van der Waals surface area (Å²) in [5.74, 6) is 1.12. The number of nitrogens with one attached hydrogen (secondary N) is 1. The van der Waals surface area contributed by atoms with Crippen LogP contribution in [-0.2, 0) is 4.74 Å². The van der Waals surface area contributed by atoms with Crippen molar-refractivity contribution in [2.75, 3.05) is 13.6 Å². The van der Waals surface area contributed by atoms with Crippen LogP contribution in [0.15, 0.2) is 23.7 Å². The lowest BCUT2D eigenvalue weighted by molar-refractivity contribution is 0.322. The summed E-state index contributed by atoms with van der Waals surface area (Å²) in [5, 5.41) is 3.15. The summed E-state index contributed by atoms with van der Waals surface area (Å²) in [4.78, 5) is 0. The van der Waals surface area contributed by atoms with E-state index < -0.39 is 0 Å². The Morgan fingerprint density at radius 3 is 2.53 bits per heavy atom. The molecule has 0 rings (SSSR count). The first-order chi connectivity index (χ1) is 7.22. The monoisotopic (exact) mass is 211 g/mol. The molecule has 0 aromatic rings. The number of ether oxygens (including phenoxy) is 1. The summed E-state index contributed by atoms with van der Waals surface area (Å²) in [5.41, 5.74) is 1.28. The van der Waals surface area contributed by atoms with E-state index in [1.165, 1.54) is 18.4 Å². The van der Waals surface area contributed by atoms with Gasteiger partial charge in [-0.05, 0) is 58.4 Å². The molecular weight excluding hydrogens is 186 g/mol. The Bertz CT molecular complexity index is 203. The number of hydrogen-bond donors (Lipinski definition) is 1. The summed E-state index contributed by atoms with van der Waals surface area (Å²) in [6.45, 7) is 7.40. The molecule has 2 nitrogen and oxygen atoms in total. The van der Waals surface area contributed by atoms with Crippen LogP contribution < -0.4 is 5.32 Å². The second-order valence-corrected chi connectivity index (χ2v) is 3.88. The van der Waals surface area contributed by atoms with Crippen LogP contribution in [-0.4, -0.2) is 13.6 Å². The first-order valence-electron chi connectivity index (χ1n) is 5.85. The molecule has 0 spiro atoms. The molecule has 0 aliphatic rings. The molecule has 0 fully saturated rings. The molecule has 0 aliphatic carbocycles. The van der Waals surface area contributed by atoms with Crippen molar-refractivity contribution in [2.45, 2.75) is 46.5 Å². The second kappa shape index (κ2) is 9.78. The lowest BCUT2D eigenvalue weighted by Gasteiger charge is -2.08. The van der Waals surface area contributed by atoms with Crippen LogP contribution in [0.3, 0.4) is 0 Å². The van der Waals surface area contributed by atoms with E-state index >= 15 is 0 Å². The summed E-state index contributed by atoms with van der Waals surface area (Å²) >= 11 is 0. The largest absolute Gasteiger partial charge is 0.470 e. The fourth-order valence-electron chi connectivity index (χ4n) is 1.24. The van der Waals surface area contributed by atoms with Gasteiger partial charge in [-0.25, -0.2) is 0 Å². The summed E-state index contributed by atoms with van der Waals surface area (Å²) in [7, 11) is 1.99. The minimum Gasteiger partial charge on any atom is -0.470 e. The number of rotatable bonds is 8. The Hall–Kier alpha value is -0.760. The Balaban J connectivity index is 3.86. The zero-order chi connectivity index (χ0) is 11.5. The van der Waals surface area contributed by atoms with Gasteiger partial charge in [0.2, 0.25) is 0 Å². The van der Waals surface area contributed by atoms with E-state index in [-0.39, 0.29) is 0 Å². The van der Waals surface area contributed by atoms with Crippen molar-refractivity contribution in [3.8, 4) is 0 Å². The molecule has 0 atom stereocenters. The predicted molar refractivity (Wildman–Crippen MR) is 66.7 cm³/mol. The highest BCUT2D eigenvalue weighted by Gasteiger charge is 1.99. The maximum atomic E-state index is 5.60. The van der Waals surface area contributed by atoms with Crippen LogP contribution in [0.4, 0.5) is 0 Å². The smallest absolute Gasteiger partial charge is 0.102 e. The van der Waals surface area contributed by atoms with Crippen molar-refractivity contribution in [2.24, 2.45) is 0 Å². The van der Waals surface area contributed by atoms with Crippen molar-refractivity contribution in [3.63, 3.8) is 0 Å². The number of unbranched alkanes of at least 4 members (excludes halogenated alkanes) is 1. The minimum absolute atomic E-state index is 1.02. The van der Waals surface area contributed by atoms with E-state index in [9.17, 15) is 0 Å². The molecule has 0 aromatic carbocycles. The van der Waals surface area contributed by atoms with Gasteiger partial charge in [0.05, 0.1) is 6.26 Å². The molecule has 0 amide bonds. The van der Waals surface area contributed by atoms with E-state index in [1.54, 1.807) is 6.26 Å². The van der Waals surface area contributed by atoms with Gasteiger partial charge in [-0.1, -0.05) is 6.92 Å². The average Bonchev–Trinajstić information content (AvgIpc) is 2.21. The van der Waals surface area contributed by atoms with Gasteiger partial charge in [0.15, 0.2) is 0 Å². The molecule has 0 heterocycles. The molecule has 0 aromatic heterocycles. The van der Waals surface area contributed by atoms with E-state index in [0.717, 1.165) is 25.1 Å². The highest BCUT2D eigenvalue weighted by Crippen LogP contribution is 2.14. The molecule has 0 aliphatic heterocycles. The van der Waals surface area contributed by atoms with E-state index in [0.29, 0.717) is 0 Å². The van der Waals surface area contributed by atoms with E-state index in [2.05, 4.69) is 26.1 Å². The van der Waals surface area contributed by atoms with Gasteiger partial charge in [-0.3, -0.25) is 0 Å². The zero-order valence-electron chi connectivity index (χ0n) is 10.6. The lowest BCUT2D eigenvalue weighted by Crippen LogP contribution is -2.07. The molecule has 15 heavy (non-hydrogen) atoms. The van der Waals surface area contributed by atoms with Gasteiger partial charge >= 0.3 is 0 Å². The zero-order valence-corrected chi connectivity index (χ0v) is 10.6. The normalized spacial score (nSPS) is 10.7. The van der Waals surface area contributed by atoms with Crippen molar-refractivity contribution in [3.05, 3.63) is 23.7 Å². The maximum Gasteiger partial charge on any atom is 0.102 e. The molecular formula is C13H25NO. The standard InChI is InChI=1S/C13H25NO/c1-5-6-11-15-13(12(2)3)9-7-8-10-14-4/h6,11,14H,5,7-10H2,1-4H3/b11-6-. The van der Waals surface area contributed by atoms with E-state index in [1.807, 2.05) is 13.1 Å². The van der Waals surface area contributed by atoms with Gasteiger partial charge in [-0.2, -0.15) is 0 Å². The molecule has 0 saturated heterocycles. The third-order valence-corrected chi connectivity index (χ3v) is 2.18. The summed E-state index contributed by atoms with van der Waals surface area (Å²) in [6, 6.07) is 0. The Kier molecular flexibility index (Phi) is 9.29. The van der Waals surface area contributed by atoms with Crippen molar-refractivity contribution < 1.29 is 4.74 Å². The highest BCUT2D eigenvalue weighted by molar-refractivity contribution is 5.03. The second-order valence-electron chi connectivity index (χ2n) is 3.88. The lowest BCUT2D eigenvalue weighted by atomic mass is 10.1. The number of allylic oxidation sites excluding steroid dienone is 3. The van der Waals surface area contributed by atoms with Crippen LogP contribution in [0, 0.1) is 0 Å². The predicted octanol–water partition coefficient (Wildman–Crippen LogP) is 3.61. The Labute approximate surface area is 94.4 Å². The fraction of sp³-hybridized carbons (Fsp3) is 0.692. The molecule has 88 valence electrons. The molecule has 0 bridgehead atoms. The van der Waals surface area contributed by atoms with Gasteiger partial charge in [0, 0.05) is 6.42 Å². The molecule has 2 heteroatoms. The fourth-order valence-corrected chi connectivity index (χ4v) is 1.24. The topological polar surface area (TPSA) is 21.3 Å². The number of hydrogen-bond acceptors (Lipinski definition) is 2. The van der Waals surface area contributed by atoms with Crippen molar-refractivity contribution in [1.82, 2.24) is 5.32 Å². The van der Waals surface area contributed by atoms with Gasteiger partial charge in [0.1, 0.15) is 5.76 Å². The van der Waals surface area contributed by atoms with E-state index in [4.69, 9.17) is 4.74 Å². The Morgan fingerprint density at radius 2 is 2.00 bits per heavy atom. The molecule has 0 radical (unpaired) electrons. The molecule has 1 N–H and O–H groups in total.